The number of carbonyl (C=O) groups excluding carboxylic acids is 1. The van der Waals surface area contributed by atoms with Crippen molar-refractivity contribution in [2.24, 2.45) is 5.41 Å². The SMILES string of the molecule is C=C(C)COCCNC(=O)NC(C(=O)O)C(C)(C)C. The first kappa shape index (κ1) is 17.4. The zero-order valence-corrected chi connectivity index (χ0v) is 12.1. The maximum Gasteiger partial charge on any atom is 0.326 e. The lowest BCUT2D eigenvalue weighted by atomic mass is 9.87. The normalized spacial score (nSPS) is 12.6. The zero-order chi connectivity index (χ0) is 15.1. The molecule has 0 aromatic carbocycles. The molecule has 0 bridgehead atoms. The van der Waals surface area contributed by atoms with Crippen LogP contribution in [0.3, 0.4) is 0 Å². The first-order chi connectivity index (χ1) is 8.64. The summed E-state index contributed by atoms with van der Waals surface area (Å²) in [5, 5.41) is 14.0. The summed E-state index contributed by atoms with van der Waals surface area (Å²) in [6.45, 7) is 11.9. The summed E-state index contributed by atoms with van der Waals surface area (Å²) >= 11 is 0. The van der Waals surface area contributed by atoms with Crippen molar-refractivity contribution in [1.29, 1.82) is 0 Å². The average molecular weight is 272 g/mol. The van der Waals surface area contributed by atoms with Crippen LogP contribution in [0.2, 0.25) is 0 Å². The van der Waals surface area contributed by atoms with Gasteiger partial charge >= 0.3 is 12.0 Å². The van der Waals surface area contributed by atoms with E-state index >= 15 is 0 Å². The van der Waals surface area contributed by atoms with E-state index in [2.05, 4.69) is 17.2 Å². The highest BCUT2D eigenvalue weighted by molar-refractivity contribution is 5.83. The van der Waals surface area contributed by atoms with E-state index in [1.165, 1.54) is 0 Å². The Kier molecular flexibility index (Phi) is 7.14. The first-order valence-electron chi connectivity index (χ1n) is 6.14. The van der Waals surface area contributed by atoms with Crippen molar-refractivity contribution in [3.63, 3.8) is 0 Å². The van der Waals surface area contributed by atoms with Crippen LogP contribution in [0.5, 0.6) is 0 Å². The van der Waals surface area contributed by atoms with Crippen molar-refractivity contribution < 1.29 is 19.4 Å². The number of carbonyl (C=O) groups is 2. The number of urea groups is 1. The molecule has 6 nitrogen and oxygen atoms in total. The van der Waals surface area contributed by atoms with E-state index in [1.54, 1.807) is 20.8 Å². The molecule has 0 rings (SSSR count). The van der Waals surface area contributed by atoms with Crippen molar-refractivity contribution in [2.45, 2.75) is 33.7 Å². The van der Waals surface area contributed by atoms with Gasteiger partial charge in [-0.25, -0.2) is 9.59 Å². The van der Waals surface area contributed by atoms with E-state index in [-0.39, 0.29) is 0 Å². The van der Waals surface area contributed by atoms with Gasteiger partial charge in [-0.3, -0.25) is 0 Å². The Bertz CT molecular complexity index is 334. The fourth-order valence-electron chi connectivity index (χ4n) is 1.31. The molecule has 19 heavy (non-hydrogen) atoms. The number of carboxylic acids is 1. The first-order valence-corrected chi connectivity index (χ1v) is 6.14. The van der Waals surface area contributed by atoms with Crippen molar-refractivity contribution in [3.8, 4) is 0 Å². The summed E-state index contributed by atoms with van der Waals surface area (Å²) in [5.41, 5.74) is 0.350. The minimum Gasteiger partial charge on any atom is -0.480 e. The fraction of sp³-hybridized carbons (Fsp3) is 0.692. The predicted octanol–water partition coefficient (Wildman–Crippen LogP) is 1.38. The molecule has 0 radical (unpaired) electrons. The topological polar surface area (TPSA) is 87.7 Å². The Morgan fingerprint density at radius 3 is 2.37 bits per heavy atom. The quantitative estimate of drug-likeness (QED) is 0.482. The van der Waals surface area contributed by atoms with Gasteiger partial charge in [-0.05, 0) is 12.3 Å². The number of aliphatic carboxylic acids is 1. The van der Waals surface area contributed by atoms with E-state index in [1.807, 2.05) is 6.92 Å². The highest BCUT2D eigenvalue weighted by Crippen LogP contribution is 2.19. The summed E-state index contributed by atoms with van der Waals surface area (Å²) in [6, 6.07) is -1.45. The van der Waals surface area contributed by atoms with Crippen LogP contribution >= 0.6 is 0 Å². The number of rotatable bonds is 7. The van der Waals surface area contributed by atoms with Crippen molar-refractivity contribution in [2.75, 3.05) is 19.8 Å². The molecule has 6 heteroatoms. The van der Waals surface area contributed by atoms with Crippen molar-refractivity contribution in [1.82, 2.24) is 10.6 Å². The van der Waals surface area contributed by atoms with E-state index in [0.29, 0.717) is 19.8 Å². The second-order valence-electron chi connectivity index (χ2n) is 5.55. The highest BCUT2D eigenvalue weighted by atomic mass is 16.5. The second-order valence-corrected chi connectivity index (χ2v) is 5.55. The van der Waals surface area contributed by atoms with Crippen molar-refractivity contribution in [3.05, 3.63) is 12.2 Å². The molecule has 0 aliphatic rings. The van der Waals surface area contributed by atoms with Gasteiger partial charge in [0, 0.05) is 6.54 Å². The molecular weight excluding hydrogens is 248 g/mol. The largest absolute Gasteiger partial charge is 0.480 e. The van der Waals surface area contributed by atoms with Gasteiger partial charge in [0.15, 0.2) is 0 Å². The average Bonchev–Trinajstić information content (AvgIpc) is 2.23. The predicted molar refractivity (Wildman–Crippen MR) is 73.0 cm³/mol. The number of ether oxygens (including phenoxy) is 1. The minimum atomic E-state index is -1.05. The molecule has 0 fully saturated rings. The number of nitrogens with one attached hydrogen (secondary N) is 2. The van der Waals surface area contributed by atoms with Gasteiger partial charge in [-0.2, -0.15) is 0 Å². The second kappa shape index (κ2) is 7.78. The molecule has 0 aliphatic carbocycles. The van der Waals surface area contributed by atoms with Crippen LogP contribution in [0, 0.1) is 5.41 Å². The molecule has 3 N–H and O–H groups in total. The third-order valence-corrected chi connectivity index (χ3v) is 2.27. The standard InChI is InChI=1S/C13H24N2O4/c1-9(2)8-19-7-6-14-12(18)15-10(11(16)17)13(3,4)5/h10H,1,6-8H2,2-5H3,(H,16,17)(H2,14,15,18). The lowest BCUT2D eigenvalue weighted by Crippen LogP contribution is -2.52. The molecule has 0 aromatic heterocycles. The van der Waals surface area contributed by atoms with E-state index < -0.39 is 23.5 Å². The van der Waals surface area contributed by atoms with Crippen LogP contribution in [0.4, 0.5) is 4.79 Å². The van der Waals surface area contributed by atoms with Crippen LogP contribution in [-0.4, -0.2) is 42.9 Å². The number of hydrogen-bond donors (Lipinski definition) is 3. The van der Waals surface area contributed by atoms with Crippen LogP contribution in [0.15, 0.2) is 12.2 Å². The summed E-state index contributed by atoms with van der Waals surface area (Å²) in [7, 11) is 0. The highest BCUT2D eigenvalue weighted by Gasteiger charge is 2.32. The molecule has 2 amide bonds. The van der Waals surface area contributed by atoms with Gasteiger partial charge in [0.1, 0.15) is 6.04 Å². The van der Waals surface area contributed by atoms with Crippen LogP contribution < -0.4 is 10.6 Å². The summed E-state index contributed by atoms with van der Waals surface area (Å²) in [4.78, 5) is 22.6. The Balaban J connectivity index is 4.02. The van der Waals surface area contributed by atoms with Gasteiger partial charge in [0.05, 0.1) is 13.2 Å². The Morgan fingerprint density at radius 2 is 1.95 bits per heavy atom. The molecule has 1 atom stereocenters. The van der Waals surface area contributed by atoms with E-state index in [0.717, 1.165) is 5.57 Å². The molecule has 1 unspecified atom stereocenters. The summed E-state index contributed by atoms with van der Waals surface area (Å²) in [6.07, 6.45) is 0. The number of hydrogen-bond acceptors (Lipinski definition) is 3. The lowest BCUT2D eigenvalue weighted by molar-refractivity contribution is -0.141. The Labute approximate surface area is 114 Å². The molecule has 0 saturated carbocycles. The van der Waals surface area contributed by atoms with Gasteiger partial charge < -0.3 is 20.5 Å². The van der Waals surface area contributed by atoms with E-state index in [9.17, 15) is 9.59 Å². The monoisotopic (exact) mass is 272 g/mol. The van der Waals surface area contributed by atoms with E-state index in [4.69, 9.17) is 9.84 Å². The third kappa shape index (κ3) is 8.20. The smallest absolute Gasteiger partial charge is 0.326 e. The molecule has 0 aliphatic heterocycles. The summed E-state index contributed by atoms with van der Waals surface area (Å²) in [5.74, 6) is -1.05. The number of carboxylic acid groups (broad SMARTS) is 1. The van der Waals surface area contributed by atoms with Gasteiger partial charge in [-0.15, -0.1) is 0 Å². The summed E-state index contributed by atoms with van der Waals surface area (Å²) < 4.78 is 5.21. The third-order valence-electron chi connectivity index (χ3n) is 2.27. The lowest BCUT2D eigenvalue weighted by Gasteiger charge is -2.27. The maximum absolute atomic E-state index is 11.5. The molecular formula is C13H24N2O4. The Morgan fingerprint density at radius 1 is 1.37 bits per heavy atom. The van der Waals surface area contributed by atoms with Crippen LogP contribution in [0.1, 0.15) is 27.7 Å². The molecule has 0 saturated heterocycles. The van der Waals surface area contributed by atoms with Crippen LogP contribution in [-0.2, 0) is 9.53 Å². The zero-order valence-electron chi connectivity index (χ0n) is 12.1. The molecule has 0 aromatic rings. The molecule has 0 heterocycles. The minimum absolute atomic E-state index is 0.315. The van der Waals surface area contributed by atoms with Crippen molar-refractivity contribution >= 4 is 12.0 Å². The molecule has 110 valence electrons. The fourth-order valence-corrected chi connectivity index (χ4v) is 1.31. The van der Waals surface area contributed by atoms with Gasteiger partial charge in [0.25, 0.3) is 0 Å². The Hall–Kier alpha value is -1.56. The molecule has 0 spiro atoms. The number of amides is 2. The van der Waals surface area contributed by atoms with Gasteiger partial charge in [-0.1, -0.05) is 32.9 Å². The maximum atomic E-state index is 11.5. The van der Waals surface area contributed by atoms with Gasteiger partial charge in [0.2, 0.25) is 0 Å². The van der Waals surface area contributed by atoms with Crippen LogP contribution in [0.25, 0.3) is 0 Å².